The fraction of sp³-hybridized carbons (Fsp3) is 0.400. The molecular weight excluding hydrogens is 445 g/mol. The summed E-state index contributed by atoms with van der Waals surface area (Å²) in [6.45, 7) is 8.40. The summed E-state index contributed by atoms with van der Waals surface area (Å²) in [4.78, 5) is 22.1. The number of amides is 1. The number of carbonyl (C=O) groups is 1. The Morgan fingerprint density at radius 3 is 2.88 bits per heavy atom. The Hall–Kier alpha value is -3.54. The highest BCUT2D eigenvalue weighted by Gasteiger charge is 2.48. The molecule has 9 heteroatoms. The van der Waals surface area contributed by atoms with Gasteiger partial charge in [0, 0.05) is 13.1 Å². The first-order valence-corrected chi connectivity index (χ1v) is 11.2. The third-order valence-corrected chi connectivity index (χ3v) is 6.76. The molecule has 0 bridgehead atoms. The average Bonchev–Trinajstić information content (AvgIpc) is 3.33. The number of halogens is 3. The molecule has 0 radical (unpaired) electrons. The molecule has 1 aliphatic carbocycles. The minimum Gasteiger partial charge on any atom is -0.441 e. The van der Waals surface area contributed by atoms with Crippen molar-refractivity contribution in [2.75, 3.05) is 6.54 Å². The second-order valence-corrected chi connectivity index (χ2v) is 9.25. The summed E-state index contributed by atoms with van der Waals surface area (Å²) in [6, 6.07) is 10.5. The monoisotopic (exact) mass is 468 g/mol. The van der Waals surface area contributed by atoms with Gasteiger partial charge in [-0.3, -0.25) is 4.90 Å². The lowest BCUT2D eigenvalue weighted by molar-refractivity contribution is -0.137. The Morgan fingerprint density at radius 2 is 2.09 bits per heavy atom. The van der Waals surface area contributed by atoms with Gasteiger partial charge in [-0.15, -0.1) is 0 Å². The third kappa shape index (κ3) is 4.32. The molecule has 2 fully saturated rings. The van der Waals surface area contributed by atoms with Crippen LogP contribution in [0.2, 0.25) is 0 Å². The van der Waals surface area contributed by atoms with Crippen molar-refractivity contribution in [2.24, 2.45) is 5.92 Å². The quantitative estimate of drug-likeness (QED) is 0.429. The van der Waals surface area contributed by atoms with Gasteiger partial charge in [-0.1, -0.05) is 18.2 Å². The van der Waals surface area contributed by atoms with Gasteiger partial charge >= 0.3 is 12.3 Å². The predicted octanol–water partition coefficient (Wildman–Crippen LogP) is 6.19. The van der Waals surface area contributed by atoms with Crippen molar-refractivity contribution in [2.45, 2.75) is 50.6 Å². The summed E-state index contributed by atoms with van der Waals surface area (Å²) < 4.78 is 47.1. The fourth-order valence-corrected chi connectivity index (χ4v) is 5.25. The van der Waals surface area contributed by atoms with E-state index in [4.69, 9.17) is 11.3 Å². The molecule has 0 unspecified atom stereocenters. The van der Waals surface area contributed by atoms with Gasteiger partial charge in [0.05, 0.1) is 36.0 Å². The maximum Gasteiger partial charge on any atom is 0.416 e. The molecule has 1 spiro atoms. The molecule has 1 aliphatic heterocycles. The molecule has 34 heavy (non-hydrogen) atoms. The average molecular weight is 468 g/mol. The van der Waals surface area contributed by atoms with Gasteiger partial charge in [0.1, 0.15) is 5.60 Å². The van der Waals surface area contributed by atoms with Crippen LogP contribution in [0.1, 0.15) is 36.8 Å². The van der Waals surface area contributed by atoms with E-state index in [0.717, 1.165) is 42.4 Å². The van der Waals surface area contributed by atoms with E-state index in [1.165, 1.54) is 11.0 Å². The van der Waals surface area contributed by atoms with Crippen molar-refractivity contribution in [3.63, 3.8) is 0 Å². The molecule has 2 heterocycles. The van der Waals surface area contributed by atoms with Gasteiger partial charge in [0.25, 0.3) is 0 Å². The lowest BCUT2D eigenvalue weighted by atomic mass is 9.78. The lowest BCUT2D eigenvalue weighted by Gasteiger charge is -2.36. The number of carbonyl (C=O) groups excluding carboxylic acids is 1. The summed E-state index contributed by atoms with van der Waals surface area (Å²) in [7, 11) is 0. The number of ether oxygens (including phenoxy) is 1. The Balaban J connectivity index is 1.29. The SMILES string of the molecule is [C-]#[N+]c1ccc2ncn(C[C@H]3CCC[C@]4(C3)CN(Cc3cccc(C(F)(F)F)c3)C(=O)O4)c2c1. The number of imidazole rings is 1. The van der Waals surface area contributed by atoms with Crippen LogP contribution in [0.3, 0.4) is 0 Å². The summed E-state index contributed by atoms with van der Waals surface area (Å²) in [5.41, 5.74) is 1.37. The summed E-state index contributed by atoms with van der Waals surface area (Å²) >= 11 is 0. The number of hydrogen-bond acceptors (Lipinski definition) is 3. The number of aromatic nitrogens is 2. The van der Waals surface area contributed by atoms with E-state index < -0.39 is 23.4 Å². The van der Waals surface area contributed by atoms with E-state index in [1.54, 1.807) is 18.5 Å². The molecule has 1 saturated heterocycles. The standard InChI is InChI=1S/C25H23F3N4O2/c1-29-20-7-8-21-22(11-20)32(16-30-21)14-18-5-3-9-24(12-18)15-31(23(33)34-24)13-17-4-2-6-19(10-17)25(26,27)28/h2,4,6-8,10-11,16,18H,3,5,9,12-15H2/t18-,24-/m0/s1. The van der Waals surface area contributed by atoms with Gasteiger partial charge < -0.3 is 9.30 Å². The van der Waals surface area contributed by atoms with E-state index in [1.807, 2.05) is 16.7 Å². The van der Waals surface area contributed by atoms with Crippen LogP contribution in [0, 0.1) is 12.5 Å². The Kier molecular flexibility index (Phi) is 5.47. The number of alkyl halides is 3. The molecule has 5 rings (SSSR count). The van der Waals surface area contributed by atoms with Gasteiger partial charge in [0.2, 0.25) is 0 Å². The van der Waals surface area contributed by atoms with Crippen LogP contribution in [0.5, 0.6) is 0 Å². The van der Waals surface area contributed by atoms with Gasteiger partial charge in [-0.2, -0.15) is 13.2 Å². The van der Waals surface area contributed by atoms with Crippen LogP contribution >= 0.6 is 0 Å². The molecule has 1 amide bonds. The van der Waals surface area contributed by atoms with Crippen molar-refractivity contribution in [3.8, 4) is 0 Å². The summed E-state index contributed by atoms with van der Waals surface area (Å²) in [5.74, 6) is 0.254. The normalized spacial score (nSPS) is 22.8. The highest BCUT2D eigenvalue weighted by atomic mass is 19.4. The van der Waals surface area contributed by atoms with Crippen LogP contribution in [-0.4, -0.2) is 32.7 Å². The zero-order chi connectivity index (χ0) is 23.9. The van der Waals surface area contributed by atoms with Crippen LogP contribution < -0.4 is 0 Å². The smallest absolute Gasteiger partial charge is 0.416 e. The molecular formula is C25H23F3N4O2. The summed E-state index contributed by atoms with van der Waals surface area (Å²) in [6.07, 6.45) is 0.172. The molecule has 2 aliphatic rings. The Morgan fingerprint density at radius 1 is 1.24 bits per heavy atom. The Labute approximate surface area is 194 Å². The van der Waals surface area contributed by atoms with Crippen molar-refractivity contribution in [1.29, 1.82) is 0 Å². The maximum atomic E-state index is 13.1. The molecule has 6 nitrogen and oxygen atoms in total. The Bertz CT molecular complexity index is 1280. The topological polar surface area (TPSA) is 51.7 Å². The van der Waals surface area contributed by atoms with E-state index in [-0.39, 0.29) is 12.5 Å². The molecule has 1 aromatic heterocycles. The number of benzene rings is 2. The van der Waals surface area contributed by atoms with E-state index in [9.17, 15) is 18.0 Å². The second kappa shape index (κ2) is 8.35. The highest BCUT2D eigenvalue weighted by Crippen LogP contribution is 2.41. The lowest BCUT2D eigenvalue weighted by Crippen LogP contribution is -2.40. The van der Waals surface area contributed by atoms with Crippen LogP contribution in [-0.2, 0) is 24.0 Å². The zero-order valence-electron chi connectivity index (χ0n) is 18.4. The van der Waals surface area contributed by atoms with Crippen molar-refractivity contribution in [1.82, 2.24) is 14.5 Å². The molecule has 2 atom stereocenters. The van der Waals surface area contributed by atoms with Gasteiger partial charge in [-0.25, -0.2) is 14.6 Å². The molecule has 2 aromatic carbocycles. The number of fused-ring (bicyclic) bond motifs is 1. The van der Waals surface area contributed by atoms with Gasteiger partial charge in [-0.05, 0) is 61.4 Å². The van der Waals surface area contributed by atoms with Crippen LogP contribution in [0.4, 0.5) is 23.7 Å². The van der Waals surface area contributed by atoms with Crippen LogP contribution in [0.15, 0.2) is 48.8 Å². The van der Waals surface area contributed by atoms with Crippen molar-refractivity contribution >= 4 is 22.8 Å². The summed E-state index contributed by atoms with van der Waals surface area (Å²) in [5, 5.41) is 0. The fourth-order valence-electron chi connectivity index (χ4n) is 5.25. The second-order valence-electron chi connectivity index (χ2n) is 9.25. The molecule has 176 valence electrons. The predicted molar refractivity (Wildman–Crippen MR) is 119 cm³/mol. The van der Waals surface area contributed by atoms with Crippen molar-refractivity contribution in [3.05, 3.63) is 71.3 Å². The highest BCUT2D eigenvalue weighted by molar-refractivity contribution is 5.79. The first kappa shape index (κ1) is 22.3. The molecule has 0 N–H and O–H groups in total. The van der Waals surface area contributed by atoms with E-state index in [2.05, 4.69) is 9.83 Å². The largest absolute Gasteiger partial charge is 0.441 e. The first-order chi connectivity index (χ1) is 16.2. The molecule has 1 saturated carbocycles. The molecule has 3 aromatic rings. The number of nitrogens with zero attached hydrogens (tertiary/aromatic N) is 4. The van der Waals surface area contributed by atoms with Crippen LogP contribution in [0.25, 0.3) is 15.9 Å². The number of rotatable bonds is 4. The van der Waals surface area contributed by atoms with Crippen molar-refractivity contribution < 1.29 is 22.7 Å². The number of hydrogen-bond donors (Lipinski definition) is 0. The van der Waals surface area contributed by atoms with E-state index >= 15 is 0 Å². The maximum absolute atomic E-state index is 13.1. The zero-order valence-corrected chi connectivity index (χ0v) is 18.4. The minimum atomic E-state index is -4.42. The minimum absolute atomic E-state index is 0.0841. The third-order valence-electron chi connectivity index (χ3n) is 6.76. The van der Waals surface area contributed by atoms with Gasteiger partial charge in [0.15, 0.2) is 5.69 Å². The first-order valence-electron chi connectivity index (χ1n) is 11.2. The van der Waals surface area contributed by atoms with E-state index in [0.29, 0.717) is 30.8 Å².